The summed E-state index contributed by atoms with van der Waals surface area (Å²) in [5, 5.41) is 3.33. The Balaban J connectivity index is 1.29. The number of piperazine rings is 1. The van der Waals surface area contributed by atoms with E-state index in [1.165, 1.54) is 0 Å². The molecule has 2 aliphatic rings. The maximum Gasteiger partial charge on any atom is 0.234 e. The number of carbonyl (C=O) groups is 1. The number of fused-ring (bicyclic) bond motifs is 2. The number of hydrogen-bond donors (Lipinski definition) is 0. The first-order chi connectivity index (χ1) is 15.4. The number of hydrogen-bond acceptors (Lipinski definition) is 5. The van der Waals surface area contributed by atoms with Crippen LogP contribution in [0.1, 0.15) is 48.5 Å². The molecule has 1 amide bonds. The van der Waals surface area contributed by atoms with E-state index in [-0.39, 0.29) is 17.2 Å². The maximum atomic E-state index is 13.7. The van der Waals surface area contributed by atoms with Crippen LogP contribution in [0.5, 0.6) is 11.5 Å². The molecule has 32 heavy (non-hydrogen) atoms. The molecular formula is C26H29N3O2S. The first kappa shape index (κ1) is 21.2. The van der Waals surface area contributed by atoms with Gasteiger partial charge in [0.25, 0.3) is 0 Å². The van der Waals surface area contributed by atoms with Crippen LogP contribution in [0, 0.1) is 0 Å². The summed E-state index contributed by atoms with van der Waals surface area (Å²) in [4.78, 5) is 23.0. The summed E-state index contributed by atoms with van der Waals surface area (Å²) in [6.07, 6.45) is 0. The van der Waals surface area contributed by atoms with Gasteiger partial charge in [0.1, 0.15) is 16.5 Å². The summed E-state index contributed by atoms with van der Waals surface area (Å²) in [7, 11) is 0. The Morgan fingerprint density at radius 2 is 1.59 bits per heavy atom. The monoisotopic (exact) mass is 447 g/mol. The van der Waals surface area contributed by atoms with Crippen molar-refractivity contribution in [3.63, 3.8) is 0 Å². The van der Waals surface area contributed by atoms with Gasteiger partial charge < -0.3 is 9.64 Å². The van der Waals surface area contributed by atoms with Gasteiger partial charge in [-0.05, 0) is 12.1 Å². The number of rotatable bonds is 3. The highest BCUT2D eigenvalue weighted by Gasteiger charge is 2.36. The molecule has 1 fully saturated rings. The number of carbonyl (C=O) groups excluding carboxylic acids is 1. The van der Waals surface area contributed by atoms with E-state index in [1.807, 2.05) is 53.4 Å². The van der Waals surface area contributed by atoms with Crippen molar-refractivity contribution in [2.45, 2.75) is 38.6 Å². The van der Waals surface area contributed by atoms with E-state index in [0.717, 1.165) is 66.1 Å². The zero-order valence-electron chi connectivity index (χ0n) is 18.9. The number of para-hydroxylation sites is 2. The van der Waals surface area contributed by atoms with Gasteiger partial charge in [-0.3, -0.25) is 9.69 Å². The van der Waals surface area contributed by atoms with Crippen LogP contribution in [-0.2, 0) is 16.8 Å². The standard InChI is InChI=1S/C26H29N3O2S/c1-26(2,3)22-17-32-23(27-22)16-28-12-14-29(15-13-28)25(30)24-18-8-4-6-10-20(18)31-21-11-7-5-9-19(21)24/h4-11,17,24H,12-16H2,1-3H3. The number of thiazole rings is 1. The third-order valence-corrected chi connectivity index (χ3v) is 7.12. The molecule has 166 valence electrons. The van der Waals surface area contributed by atoms with Crippen LogP contribution in [0.4, 0.5) is 0 Å². The quantitative estimate of drug-likeness (QED) is 0.565. The fraction of sp³-hybridized carbons (Fsp3) is 0.385. The molecule has 3 heterocycles. The summed E-state index contributed by atoms with van der Waals surface area (Å²) in [6, 6.07) is 15.8. The Morgan fingerprint density at radius 1 is 1.00 bits per heavy atom. The van der Waals surface area contributed by atoms with Crippen molar-refractivity contribution in [1.82, 2.24) is 14.8 Å². The molecule has 3 aromatic rings. The summed E-state index contributed by atoms with van der Waals surface area (Å²) in [5.41, 5.74) is 3.14. The lowest BCUT2D eigenvalue weighted by Gasteiger charge is -2.37. The van der Waals surface area contributed by atoms with E-state index >= 15 is 0 Å². The largest absolute Gasteiger partial charge is 0.457 e. The van der Waals surface area contributed by atoms with Crippen LogP contribution in [0.25, 0.3) is 0 Å². The summed E-state index contributed by atoms with van der Waals surface area (Å²) in [5.74, 6) is 1.41. The molecule has 1 aromatic heterocycles. The van der Waals surface area contributed by atoms with Crippen molar-refractivity contribution in [1.29, 1.82) is 0 Å². The summed E-state index contributed by atoms with van der Waals surface area (Å²) in [6.45, 7) is 10.6. The normalized spacial score (nSPS) is 16.9. The molecule has 0 bridgehead atoms. The molecule has 0 atom stereocenters. The second-order valence-corrected chi connectivity index (χ2v) is 10.5. The van der Waals surface area contributed by atoms with Crippen LogP contribution in [0.15, 0.2) is 53.9 Å². The van der Waals surface area contributed by atoms with Gasteiger partial charge in [-0.15, -0.1) is 11.3 Å². The molecule has 0 spiro atoms. The Hall–Kier alpha value is -2.70. The lowest BCUT2D eigenvalue weighted by Crippen LogP contribution is -2.49. The number of nitrogens with zero attached hydrogens (tertiary/aromatic N) is 3. The fourth-order valence-electron chi connectivity index (χ4n) is 4.40. The van der Waals surface area contributed by atoms with E-state index < -0.39 is 0 Å². The van der Waals surface area contributed by atoms with Crippen molar-refractivity contribution >= 4 is 17.2 Å². The predicted octanol–water partition coefficient (Wildman–Crippen LogP) is 5.02. The van der Waals surface area contributed by atoms with E-state index in [2.05, 4.69) is 31.1 Å². The second-order valence-electron chi connectivity index (χ2n) is 9.59. The van der Waals surface area contributed by atoms with E-state index in [4.69, 9.17) is 9.72 Å². The lowest BCUT2D eigenvalue weighted by molar-refractivity contribution is -0.133. The minimum atomic E-state index is -0.309. The first-order valence-electron chi connectivity index (χ1n) is 11.2. The lowest BCUT2D eigenvalue weighted by atomic mass is 9.86. The van der Waals surface area contributed by atoms with E-state index in [9.17, 15) is 4.79 Å². The highest BCUT2D eigenvalue weighted by Crippen LogP contribution is 2.44. The van der Waals surface area contributed by atoms with Gasteiger partial charge in [0, 0.05) is 48.1 Å². The Labute approximate surface area is 193 Å². The molecule has 0 unspecified atom stereocenters. The van der Waals surface area contributed by atoms with E-state index in [1.54, 1.807) is 11.3 Å². The van der Waals surface area contributed by atoms with Crippen molar-refractivity contribution in [2.75, 3.05) is 26.2 Å². The minimum absolute atomic E-state index is 0.0795. The molecular weight excluding hydrogens is 418 g/mol. The van der Waals surface area contributed by atoms with Crippen LogP contribution in [0.2, 0.25) is 0 Å². The Morgan fingerprint density at radius 3 is 2.16 bits per heavy atom. The van der Waals surface area contributed by atoms with Crippen molar-refractivity contribution < 1.29 is 9.53 Å². The minimum Gasteiger partial charge on any atom is -0.457 e. The van der Waals surface area contributed by atoms with Crippen molar-refractivity contribution in [3.05, 3.63) is 75.7 Å². The average molecular weight is 448 g/mol. The molecule has 0 radical (unpaired) electrons. The smallest absolute Gasteiger partial charge is 0.234 e. The second kappa shape index (κ2) is 8.34. The third-order valence-electron chi connectivity index (χ3n) is 6.29. The highest BCUT2D eigenvalue weighted by molar-refractivity contribution is 7.09. The maximum absolute atomic E-state index is 13.7. The third kappa shape index (κ3) is 4.05. The van der Waals surface area contributed by atoms with Gasteiger partial charge in [0.05, 0.1) is 18.2 Å². The van der Waals surface area contributed by atoms with Crippen LogP contribution in [-0.4, -0.2) is 46.9 Å². The molecule has 0 N–H and O–H groups in total. The number of amides is 1. The molecule has 0 aliphatic carbocycles. The van der Waals surface area contributed by atoms with Crippen LogP contribution in [0.3, 0.4) is 0 Å². The first-order valence-corrected chi connectivity index (χ1v) is 12.1. The zero-order chi connectivity index (χ0) is 22.3. The van der Waals surface area contributed by atoms with Gasteiger partial charge in [0.15, 0.2) is 0 Å². The van der Waals surface area contributed by atoms with Gasteiger partial charge in [-0.25, -0.2) is 4.98 Å². The predicted molar refractivity (Wildman–Crippen MR) is 127 cm³/mol. The SMILES string of the molecule is CC(C)(C)c1csc(CN2CCN(C(=O)C3c4ccccc4Oc4ccccc43)CC2)n1. The molecule has 0 saturated carbocycles. The Kier molecular flexibility index (Phi) is 5.51. The number of ether oxygens (including phenoxy) is 1. The molecule has 2 aromatic carbocycles. The van der Waals surface area contributed by atoms with Gasteiger partial charge in [-0.1, -0.05) is 57.2 Å². The zero-order valence-corrected chi connectivity index (χ0v) is 19.7. The van der Waals surface area contributed by atoms with Gasteiger partial charge >= 0.3 is 0 Å². The Bertz CT molecular complexity index is 1080. The highest BCUT2D eigenvalue weighted by atomic mass is 32.1. The molecule has 5 rings (SSSR count). The van der Waals surface area contributed by atoms with Gasteiger partial charge in [0.2, 0.25) is 5.91 Å². The molecule has 6 heteroatoms. The van der Waals surface area contributed by atoms with Crippen LogP contribution >= 0.6 is 11.3 Å². The van der Waals surface area contributed by atoms with Gasteiger partial charge in [-0.2, -0.15) is 0 Å². The van der Waals surface area contributed by atoms with E-state index in [0.29, 0.717) is 0 Å². The van der Waals surface area contributed by atoms with Crippen LogP contribution < -0.4 is 4.74 Å². The number of aromatic nitrogens is 1. The summed E-state index contributed by atoms with van der Waals surface area (Å²) >= 11 is 1.74. The topological polar surface area (TPSA) is 45.7 Å². The molecule has 1 saturated heterocycles. The summed E-state index contributed by atoms with van der Waals surface area (Å²) < 4.78 is 6.07. The fourth-order valence-corrected chi connectivity index (χ4v) is 5.47. The van der Waals surface area contributed by atoms with Crippen molar-refractivity contribution in [2.24, 2.45) is 0 Å². The van der Waals surface area contributed by atoms with Crippen molar-refractivity contribution in [3.8, 4) is 11.5 Å². The number of benzene rings is 2. The molecule has 2 aliphatic heterocycles. The average Bonchev–Trinajstić information content (AvgIpc) is 3.27. The molecule has 5 nitrogen and oxygen atoms in total.